The van der Waals surface area contributed by atoms with Crippen molar-refractivity contribution in [2.24, 2.45) is 5.41 Å². The van der Waals surface area contributed by atoms with Crippen molar-refractivity contribution in [3.05, 3.63) is 70.1 Å². The van der Waals surface area contributed by atoms with Crippen molar-refractivity contribution < 1.29 is 42.5 Å². The van der Waals surface area contributed by atoms with Crippen LogP contribution in [0.5, 0.6) is 5.75 Å². The number of amides is 3. The zero-order valence-corrected chi connectivity index (χ0v) is 30.0. The summed E-state index contributed by atoms with van der Waals surface area (Å²) in [6, 6.07) is 8.37. The molecule has 3 heterocycles. The Kier molecular flexibility index (Phi) is 10.8. The molecule has 11 nitrogen and oxygen atoms in total. The molecule has 6 rings (SSSR count). The van der Waals surface area contributed by atoms with Crippen LogP contribution in [0.25, 0.3) is 10.4 Å². The zero-order chi connectivity index (χ0) is 36.5. The number of halogens is 2. The van der Waals surface area contributed by atoms with Gasteiger partial charge in [-0.25, -0.2) is 13.8 Å². The minimum absolute atomic E-state index is 0.00569. The van der Waals surface area contributed by atoms with Gasteiger partial charge in [0.1, 0.15) is 23.7 Å². The Labute approximate surface area is 299 Å². The highest BCUT2D eigenvalue weighted by Gasteiger charge is 2.53. The van der Waals surface area contributed by atoms with E-state index in [1.54, 1.807) is 38.4 Å². The highest BCUT2D eigenvalue weighted by atomic mass is 32.1. The summed E-state index contributed by atoms with van der Waals surface area (Å²) < 4.78 is 46.7. The van der Waals surface area contributed by atoms with Gasteiger partial charge in [0.15, 0.2) is 12.0 Å². The number of rotatable bonds is 12. The fourth-order valence-electron chi connectivity index (χ4n) is 6.31. The van der Waals surface area contributed by atoms with Gasteiger partial charge in [-0.05, 0) is 48.4 Å². The standard InChI is InChI=1S/C37H44F2N4O7S/c1-21-30(51-20-41-21)23-6-8-25(29(16-23)48-12-9-22-5-7-24(15-27(22)38)34-49-13-14-50-34)18-40-32(45)28-17-26(44)19-43(28)33(46)31(36(2,3)4)42-35(47)37(39)10-11-37/h5-8,15-16,20,26,28,31,34,44H,9-14,17-19H2,1-4H3,(H,40,45)(H,42,47)/t26-,28+,31-/m1/s1. The first-order chi connectivity index (χ1) is 24.2. The Morgan fingerprint density at radius 3 is 2.51 bits per heavy atom. The Morgan fingerprint density at radius 1 is 1.14 bits per heavy atom. The maximum absolute atomic E-state index is 15.0. The largest absolute Gasteiger partial charge is 0.493 e. The molecule has 3 N–H and O–H groups in total. The fourth-order valence-corrected chi connectivity index (χ4v) is 7.11. The van der Waals surface area contributed by atoms with Crippen molar-refractivity contribution in [2.75, 3.05) is 26.4 Å². The second kappa shape index (κ2) is 14.9. The molecule has 0 spiro atoms. The quantitative estimate of drug-likeness (QED) is 0.248. The first-order valence-corrected chi connectivity index (χ1v) is 18.1. The van der Waals surface area contributed by atoms with Crippen LogP contribution in [-0.2, 0) is 36.8 Å². The number of alkyl halides is 1. The molecule has 14 heteroatoms. The van der Waals surface area contributed by atoms with E-state index < -0.39 is 53.3 Å². The summed E-state index contributed by atoms with van der Waals surface area (Å²) in [5, 5.41) is 16.0. The first-order valence-electron chi connectivity index (χ1n) is 17.2. The topological polar surface area (TPSA) is 139 Å². The SMILES string of the molecule is Cc1ncsc1-c1ccc(CNC(=O)[C@@H]2C[C@@H](O)CN2C(=O)[C@@H](NC(=O)C2(F)CC2)C(C)(C)C)c(OCCc2ccc(C3OCCO3)cc2F)c1. The maximum Gasteiger partial charge on any atom is 0.258 e. The monoisotopic (exact) mass is 726 g/mol. The smallest absolute Gasteiger partial charge is 0.258 e. The van der Waals surface area contributed by atoms with Gasteiger partial charge in [0.2, 0.25) is 11.8 Å². The van der Waals surface area contributed by atoms with E-state index in [1.807, 2.05) is 25.1 Å². The number of thiazole rings is 1. The van der Waals surface area contributed by atoms with E-state index in [2.05, 4.69) is 15.6 Å². The molecule has 0 unspecified atom stereocenters. The average Bonchev–Trinajstić information content (AvgIpc) is 3.46. The highest BCUT2D eigenvalue weighted by molar-refractivity contribution is 7.13. The summed E-state index contributed by atoms with van der Waals surface area (Å²) in [7, 11) is 0. The molecule has 2 aromatic carbocycles. The Balaban J connectivity index is 1.15. The summed E-state index contributed by atoms with van der Waals surface area (Å²) >= 11 is 1.49. The van der Waals surface area contributed by atoms with Crippen molar-refractivity contribution in [3.8, 4) is 16.2 Å². The normalized spacial score (nSPS) is 20.6. The number of β-amino-alcohol motifs (C(OH)–C–C–N with tert-alkyl or cyclic N) is 1. The summed E-state index contributed by atoms with van der Waals surface area (Å²) in [5.74, 6) is -1.79. The first kappa shape index (κ1) is 36.8. The molecule has 51 heavy (non-hydrogen) atoms. The predicted molar refractivity (Wildman–Crippen MR) is 185 cm³/mol. The number of nitrogens with zero attached hydrogens (tertiary/aromatic N) is 2. The second-order valence-electron chi connectivity index (χ2n) is 14.5. The van der Waals surface area contributed by atoms with Crippen molar-refractivity contribution in [1.29, 1.82) is 0 Å². The van der Waals surface area contributed by atoms with Gasteiger partial charge in [0.05, 0.1) is 42.0 Å². The van der Waals surface area contributed by atoms with Crippen molar-refractivity contribution in [3.63, 3.8) is 0 Å². The lowest BCUT2D eigenvalue weighted by Crippen LogP contribution is -2.59. The number of hydrogen-bond acceptors (Lipinski definition) is 9. The summed E-state index contributed by atoms with van der Waals surface area (Å²) in [5.41, 5.74) is 2.45. The molecule has 274 valence electrons. The Bertz CT molecular complexity index is 1770. The van der Waals surface area contributed by atoms with E-state index in [0.29, 0.717) is 35.7 Å². The number of carbonyl (C=O) groups is 3. The van der Waals surface area contributed by atoms with Gasteiger partial charge in [-0.15, -0.1) is 11.3 Å². The fraction of sp³-hybridized carbons (Fsp3) is 0.514. The predicted octanol–water partition coefficient (Wildman–Crippen LogP) is 4.54. The van der Waals surface area contributed by atoms with Gasteiger partial charge in [-0.3, -0.25) is 14.4 Å². The highest BCUT2D eigenvalue weighted by Crippen LogP contribution is 2.40. The molecule has 1 aliphatic carbocycles. The summed E-state index contributed by atoms with van der Waals surface area (Å²) in [6.45, 7) is 8.17. The van der Waals surface area contributed by atoms with Crippen molar-refractivity contribution in [2.45, 2.75) is 90.1 Å². The van der Waals surface area contributed by atoms with Gasteiger partial charge in [-0.2, -0.15) is 0 Å². The van der Waals surface area contributed by atoms with Gasteiger partial charge < -0.3 is 34.9 Å². The molecule has 3 atom stereocenters. The Hall–Kier alpha value is -3.98. The Morgan fingerprint density at radius 2 is 1.86 bits per heavy atom. The zero-order valence-electron chi connectivity index (χ0n) is 29.2. The minimum atomic E-state index is -1.97. The van der Waals surface area contributed by atoms with Crippen LogP contribution in [-0.4, -0.2) is 82.9 Å². The van der Waals surface area contributed by atoms with Crippen molar-refractivity contribution in [1.82, 2.24) is 20.5 Å². The van der Waals surface area contributed by atoms with Crippen molar-refractivity contribution >= 4 is 29.1 Å². The molecule has 3 aliphatic rings. The van der Waals surface area contributed by atoms with E-state index in [9.17, 15) is 23.9 Å². The lowest BCUT2D eigenvalue weighted by molar-refractivity contribution is -0.145. The molecular formula is C37H44F2N4O7S. The molecule has 0 radical (unpaired) electrons. The molecule has 1 saturated carbocycles. The van der Waals surface area contributed by atoms with Gasteiger partial charge in [-0.1, -0.05) is 45.0 Å². The average molecular weight is 727 g/mol. The lowest BCUT2D eigenvalue weighted by Gasteiger charge is -2.35. The van der Waals surface area contributed by atoms with Crippen LogP contribution < -0.4 is 15.4 Å². The van der Waals surface area contributed by atoms with Gasteiger partial charge in [0, 0.05) is 37.1 Å². The number of aryl methyl sites for hydroxylation is 1. The summed E-state index contributed by atoms with van der Waals surface area (Å²) in [6.07, 6.45) is -1.04. The van der Waals surface area contributed by atoms with Crippen LogP contribution in [0.4, 0.5) is 8.78 Å². The minimum Gasteiger partial charge on any atom is -0.493 e. The molecule has 3 aromatic rings. The summed E-state index contributed by atoms with van der Waals surface area (Å²) in [4.78, 5) is 46.6. The van der Waals surface area contributed by atoms with Crippen LogP contribution in [0, 0.1) is 18.2 Å². The number of aliphatic hydroxyl groups is 1. The van der Waals surface area contributed by atoms with Crippen LogP contribution in [0.1, 0.15) is 68.7 Å². The number of likely N-dealkylation sites (tertiary alicyclic amines) is 1. The number of hydrogen-bond donors (Lipinski definition) is 3. The van der Waals surface area contributed by atoms with E-state index >= 15 is 4.39 Å². The third-order valence-electron chi connectivity index (χ3n) is 9.48. The maximum atomic E-state index is 15.0. The van der Waals surface area contributed by atoms with E-state index in [1.165, 1.54) is 22.3 Å². The number of nitrogens with one attached hydrogen (secondary N) is 2. The molecule has 2 saturated heterocycles. The lowest BCUT2D eigenvalue weighted by atomic mass is 9.85. The molecule has 3 amide bonds. The molecule has 3 fully saturated rings. The van der Waals surface area contributed by atoms with E-state index in [4.69, 9.17) is 14.2 Å². The van der Waals surface area contributed by atoms with Crippen LogP contribution >= 0.6 is 11.3 Å². The molecule has 1 aromatic heterocycles. The third-order valence-corrected chi connectivity index (χ3v) is 10.5. The van der Waals surface area contributed by atoms with E-state index in [-0.39, 0.29) is 51.2 Å². The number of ether oxygens (including phenoxy) is 3. The molecule has 0 bridgehead atoms. The number of carbonyl (C=O) groups excluding carboxylic acids is 3. The number of aliphatic hydroxyl groups excluding tert-OH is 1. The molecular weight excluding hydrogens is 682 g/mol. The third kappa shape index (κ3) is 8.40. The van der Waals surface area contributed by atoms with Gasteiger partial charge in [0.25, 0.3) is 5.91 Å². The van der Waals surface area contributed by atoms with Crippen LogP contribution in [0.3, 0.4) is 0 Å². The van der Waals surface area contributed by atoms with Gasteiger partial charge >= 0.3 is 0 Å². The molecule has 2 aliphatic heterocycles. The van der Waals surface area contributed by atoms with Crippen LogP contribution in [0.15, 0.2) is 41.9 Å². The second-order valence-corrected chi connectivity index (χ2v) is 15.3. The van der Waals surface area contributed by atoms with Crippen LogP contribution in [0.2, 0.25) is 0 Å². The number of benzene rings is 2. The van der Waals surface area contributed by atoms with E-state index in [0.717, 1.165) is 16.1 Å². The number of aromatic nitrogens is 1.